The van der Waals surface area contributed by atoms with Crippen LogP contribution in [0.3, 0.4) is 0 Å². The van der Waals surface area contributed by atoms with Gasteiger partial charge in [0.1, 0.15) is 0 Å². The third kappa shape index (κ3) is 2.83. The third-order valence-corrected chi connectivity index (χ3v) is 4.34. The molecule has 3 heteroatoms. The number of hydrogen-bond donors (Lipinski definition) is 0. The molecule has 1 aromatic heterocycles. The molecule has 0 N–H and O–H groups in total. The van der Waals surface area contributed by atoms with Gasteiger partial charge in [0, 0.05) is 11.3 Å². The molecule has 0 radical (unpaired) electrons. The summed E-state index contributed by atoms with van der Waals surface area (Å²) in [5.74, 6) is -0.241. The van der Waals surface area contributed by atoms with E-state index in [4.69, 9.17) is 4.74 Å². The first-order valence-electron chi connectivity index (χ1n) is 6.99. The van der Waals surface area contributed by atoms with Crippen LogP contribution in [0.5, 0.6) is 0 Å². The van der Waals surface area contributed by atoms with E-state index in [1.54, 1.807) is 11.3 Å². The van der Waals surface area contributed by atoms with E-state index in [2.05, 4.69) is 23.6 Å². The summed E-state index contributed by atoms with van der Waals surface area (Å²) in [4.78, 5) is 13.5. The number of carbonyl (C=O) groups excluding carboxylic acids is 1. The molecule has 21 heavy (non-hydrogen) atoms. The molecule has 2 aromatic carbocycles. The Bertz CT molecular complexity index is 760. The molecule has 3 aromatic rings. The lowest BCUT2D eigenvalue weighted by Crippen LogP contribution is -2.08. The number of carbonyl (C=O) groups is 1. The van der Waals surface area contributed by atoms with Gasteiger partial charge in [-0.3, -0.25) is 0 Å². The molecular formula is C18H16O2S. The maximum Gasteiger partial charge on any atom is 0.338 e. The van der Waals surface area contributed by atoms with E-state index in [9.17, 15) is 4.79 Å². The van der Waals surface area contributed by atoms with E-state index in [1.165, 1.54) is 4.88 Å². The molecular weight excluding hydrogens is 280 g/mol. The van der Waals surface area contributed by atoms with Gasteiger partial charge >= 0.3 is 5.97 Å². The fourth-order valence-electron chi connectivity index (χ4n) is 2.51. The van der Waals surface area contributed by atoms with Crippen LogP contribution in [0.4, 0.5) is 0 Å². The van der Waals surface area contributed by atoms with Crippen molar-refractivity contribution in [1.82, 2.24) is 0 Å². The van der Waals surface area contributed by atoms with Gasteiger partial charge in [0.05, 0.1) is 12.2 Å². The molecule has 0 aliphatic carbocycles. The van der Waals surface area contributed by atoms with Crippen molar-refractivity contribution in [2.75, 3.05) is 6.61 Å². The second kappa shape index (κ2) is 6.10. The first kappa shape index (κ1) is 13.8. The summed E-state index contributed by atoms with van der Waals surface area (Å²) in [7, 11) is 0. The van der Waals surface area contributed by atoms with Crippen LogP contribution >= 0.6 is 11.3 Å². The topological polar surface area (TPSA) is 26.3 Å². The molecule has 0 saturated carbocycles. The van der Waals surface area contributed by atoms with Crippen molar-refractivity contribution in [1.29, 1.82) is 0 Å². The highest BCUT2D eigenvalue weighted by molar-refractivity contribution is 7.09. The fourth-order valence-corrected chi connectivity index (χ4v) is 3.23. The molecule has 0 amide bonds. The van der Waals surface area contributed by atoms with Crippen molar-refractivity contribution in [2.45, 2.75) is 13.3 Å². The van der Waals surface area contributed by atoms with E-state index in [-0.39, 0.29) is 5.97 Å². The summed E-state index contributed by atoms with van der Waals surface area (Å²) >= 11 is 1.71. The number of thiophene rings is 1. The molecule has 0 bridgehead atoms. The molecule has 0 spiro atoms. The summed E-state index contributed by atoms with van der Waals surface area (Å²) in [5, 5.41) is 4.33. The van der Waals surface area contributed by atoms with Gasteiger partial charge in [-0.25, -0.2) is 4.79 Å². The van der Waals surface area contributed by atoms with Gasteiger partial charge in [0.25, 0.3) is 0 Å². The van der Waals surface area contributed by atoms with Crippen LogP contribution in [-0.2, 0) is 11.2 Å². The predicted molar refractivity (Wildman–Crippen MR) is 87.0 cm³/mol. The average Bonchev–Trinajstić information content (AvgIpc) is 3.01. The molecule has 0 fully saturated rings. The lowest BCUT2D eigenvalue weighted by atomic mass is 9.96. The van der Waals surface area contributed by atoms with Crippen molar-refractivity contribution < 1.29 is 9.53 Å². The zero-order chi connectivity index (χ0) is 14.7. The summed E-state index contributed by atoms with van der Waals surface area (Å²) in [6.07, 6.45) is 0.757. The van der Waals surface area contributed by atoms with Gasteiger partial charge in [-0.1, -0.05) is 36.4 Å². The monoisotopic (exact) mass is 296 g/mol. The molecule has 0 unspecified atom stereocenters. The normalized spacial score (nSPS) is 10.7. The van der Waals surface area contributed by atoms with Gasteiger partial charge in [0.15, 0.2) is 0 Å². The fraction of sp³-hybridized carbons (Fsp3) is 0.167. The Balaban J connectivity index is 2.15. The highest BCUT2D eigenvalue weighted by atomic mass is 32.1. The summed E-state index contributed by atoms with van der Waals surface area (Å²) in [5.41, 5.74) is 1.72. The van der Waals surface area contributed by atoms with Crippen LogP contribution in [0.2, 0.25) is 0 Å². The minimum Gasteiger partial charge on any atom is -0.462 e. The number of fused-ring (bicyclic) bond motifs is 1. The molecule has 0 saturated heterocycles. The second-order valence-electron chi connectivity index (χ2n) is 4.79. The molecule has 0 aliphatic heterocycles. The minimum atomic E-state index is -0.241. The Morgan fingerprint density at radius 1 is 1.10 bits per heavy atom. The smallest absolute Gasteiger partial charge is 0.338 e. The highest BCUT2D eigenvalue weighted by Crippen LogP contribution is 2.27. The van der Waals surface area contributed by atoms with Crippen LogP contribution in [0.25, 0.3) is 10.8 Å². The highest BCUT2D eigenvalue weighted by Gasteiger charge is 2.15. The Hall–Kier alpha value is -2.13. The zero-order valence-electron chi connectivity index (χ0n) is 11.8. The van der Waals surface area contributed by atoms with Crippen LogP contribution in [0, 0.1) is 0 Å². The summed E-state index contributed by atoms with van der Waals surface area (Å²) in [6.45, 7) is 2.22. The number of rotatable bonds is 4. The van der Waals surface area contributed by atoms with E-state index < -0.39 is 0 Å². The summed E-state index contributed by atoms with van der Waals surface area (Å²) in [6, 6.07) is 16.2. The Labute approximate surface area is 128 Å². The molecule has 0 aliphatic rings. The summed E-state index contributed by atoms with van der Waals surface area (Å²) < 4.78 is 5.20. The van der Waals surface area contributed by atoms with Crippen molar-refractivity contribution in [3.8, 4) is 0 Å². The van der Waals surface area contributed by atoms with E-state index >= 15 is 0 Å². The standard InChI is InChI=1S/C18H16O2S/c1-2-20-18(19)16-10-9-13-6-3-4-8-15(13)17(16)12-14-7-5-11-21-14/h3-11H,2,12H2,1H3. The zero-order valence-corrected chi connectivity index (χ0v) is 12.7. The quantitative estimate of drug-likeness (QED) is 0.654. The predicted octanol–water partition coefficient (Wildman–Crippen LogP) is 4.67. The van der Waals surface area contributed by atoms with E-state index in [1.807, 2.05) is 37.3 Å². The SMILES string of the molecule is CCOC(=O)c1ccc2ccccc2c1Cc1cccs1. The number of benzene rings is 2. The maximum atomic E-state index is 12.2. The first-order chi connectivity index (χ1) is 10.3. The Kier molecular flexibility index (Phi) is 4.02. The van der Waals surface area contributed by atoms with Crippen molar-refractivity contribution in [3.63, 3.8) is 0 Å². The maximum absolute atomic E-state index is 12.2. The van der Waals surface area contributed by atoms with E-state index in [0.29, 0.717) is 12.2 Å². The van der Waals surface area contributed by atoms with Crippen LogP contribution in [0.15, 0.2) is 53.9 Å². The van der Waals surface area contributed by atoms with Gasteiger partial charge in [0.2, 0.25) is 0 Å². The number of hydrogen-bond acceptors (Lipinski definition) is 3. The molecule has 3 rings (SSSR count). The van der Waals surface area contributed by atoms with Crippen molar-refractivity contribution in [2.24, 2.45) is 0 Å². The molecule has 1 heterocycles. The Morgan fingerprint density at radius 3 is 2.71 bits per heavy atom. The van der Waals surface area contributed by atoms with Gasteiger partial charge < -0.3 is 4.74 Å². The average molecular weight is 296 g/mol. The number of ether oxygens (including phenoxy) is 1. The Morgan fingerprint density at radius 2 is 1.95 bits per heavy atom. The van der Waals surface area contributed by atoms with Crippen molar-refractivity contribution >= 4 is 28.1 Å². The van der Waals surface area contributed by atoms with E-state index in [0.717, 1.165) is 22.8 Å². The van der Waals surface area contributed by atoms with Gasteiger partial charge in [-0.05, 0) is 40.8 Å². The van der Waals surface area contributed by atoms with Gasteiger partial charge in [-0.15, -0.1) is 11.3 Å². The lowest BCUT2D eigenvalue weighted by molar-refractivity contribution is 0.0525. The lowest BCUT2D eigenvalue weighted by Gasteiger charge is -2.12. The van der Waals surface area contributed by atoms with Crippen molar-refractivity contribution in [3.05, 3.63) is 69.9 Å². The molecule has 2 nitrogen and oxygen atoms in total. The van der Waals surface area contributed by atoms with Gasteiger partial charge in [-0.2, -0.15) is 0 Å². The van der Waals surface area contributed by atoms with Crippen LogP contribution in [-0.4, -0.2) is 12.6 Å². The minimum absolute atomic E-state index is 0.241. The molecule has 106 valence electrons. The second-order valence-corrected chi connectivity index (χ2v) is 5.82. The first-order valence-corrected chi connectivity index (χ1v) is 7.87. The third-order valence-electron chi connectivity index (χ3n) is 3.47. The molecule has 0 atom stereocenters. The van der Waals surface area contributed by atoms with Crippen LogP contribution in [0.1, 0.15) is 27.7 Å². The number of esters is 1. The van der Waals surface area contributed by atoms with Crippen LogP contribution < -0.4 is 0 Å². The largest absolute Gasteiger partial charge is 0.462 e.